The minimum Gasteiger partial charge on any atom is -0.484 e. The molecule has 0 aliphatic rings. The number of rotatable bonds is 4. The molecule has 4 heteroatoms. The van der Waals surface area contributed by atoms with E-state index in [0.29, 0.717) is 5.75 Å². The van der Waals surface area contributed by atoms with E-state index < -0.39 is 0 Å². The quantitative estimate of drug-likeness (QED) is 0.916. The van der Waals surface area contributed by atoms with E-state index in [1.807, 2.05) is 31.2 Å². The van der Waals surface area contributed by atoms with Crippen molar-refractivity contribution in [2.45, 2.75) is 6.92 Å². The van der Waals surface area contributed by atoms with Crippen LogP contribution in [-0.4, -0.2) is 12.5 Å². The van der Waals surface area contributed by atoms with Crippen LogP contribution in [0.25, 0.3) is 0 Å². The van der Waals surface area contributed by atoms with Crippen molar-refractivity contribution < 1.29 is 13.9 Å². The predicted octanol–water partition coefficient (Wildman–Crippen LogP) is 3.15. The number of nitrogens with one attached hydrogen (secondary N) is 1. The van der Waals surface area contributed by atoms with E-state index in [1.54, 1.807) is 0 Å². The lowest BCUT2D eigenvalue weighted by Crippen LogP contribution is -2.20. The summed E-state index contributed by atoms with van der Waals surface area (Å²) in [5.41, 5.74) is 1.80. The van der Waals surface area contributed by atoms with Gasteiger partial charge in [-0.3, -0.25) is 4.79 Å². The van der Waals surface area contributed by atoms with Crippen LogP contribution >= 0.6 is 0 Å². The fourth-order valence-corrected chi connectivity index (χ4v) is 1.60. The molecule has 0 aliphatic carbocycles. The Labute approximate surface area is 111 Å². The van der Waals surface area contributed by atoms with Gasteiger partial charge in [-0.15, -0.1) is 0 Å². The summed E-state index contributed by atoms with van der Waals surface area (Å²) in [6, 6.07) is 13.0. The molecule has 0 saturated carbocycles. The zero-order chi connectivity index (χ0) is 13.7. The standard InChI is InChI=1S/C15H14FNO2/c1-11-3-2-4-13(9-11)17-15(18)10-19-14-7-5-12(16)6-8-14/h2-9H,10H2,1H3,(H,17,18). The van der Waals surface area contributed by atoms with Crippen molar-refractivity contribution in [2.24, 2.45) is 0 Å². The number of carbonyl (C=O) groups excluding carboxylic acids is 1. The van der Waals surface area contributed by atoms with Crippen LogP contribution in [0.15, 0.2) is 48.5 Å². The van der Waals surface area contributed by atoms with E-state index in [4.69, 9.17) is 4.74 Å². The molecule has 0 bridgehead atoms. The van der Waals surface area contributed by atoms with E-state index in [9.17, 15) is 9.18 Å². The van der Waals surface area contributed by atoms with E-state index in [2.05, 4.69) is 5.32 Å². The molecule has 0 fully saturated rings. The first-order chi connectivity index (χ1) is 9.13. The maximum Gasteiger partial charge on any atom is 0.262 e. The van der Waals surface area contributed by atoms with Crippen molar-refractivity contribution in [3.8, 4) is 5.75 Å². The molecule has 1 N–H and O–H groups in total. The Balaban J connectivity index is 1.86. The van der Waals surface area contributed by atoms with Gasteiger partial charge in [0.25, 0.3) is 5.91 Å². The Morgan fingerprint density at radius 3 is 2.63 bits per heavy atom. The number of hydrogen-bond donors (Lipinski definition) is 1. The molecule has 0 saturated heterocycles. The summed E-state index contributed by atoms with van der Waals surface area (Å²) in [6.07, 6.45) is 0. The summed E-state index contributed by atoms with van der Waals surface area (Å²) in [5, 5.41) is 2.73. The molecular weight excluding hydrogens is 245 g/mol. The van der Waals surface area contributed by atoms with Gasteiger partial charge in [-0.2, -0.15) is 0 Å². The second-order valence-electron chi connectivity index (χ2n) is 4.16. The van der Waals surface area contributed by atoms with Gasteiger partial charge in [0, 0.05) is 5.69 Å². The number of carbonyl (C=O) groups is 1. The SMILES string of the molecule is Cc1cccc(NC(=O)COc2ccc(F)cc2)c1. The number of benzene rings is 2. The topological polar surface area (TPSA) is 38.3 Å². The van der Waals surface area contributed by atoms with Gasteiger partial charge >= 0.3 is 0 Å². The Morgan fingerprint density at radius 2 is 1.95 bits per heavy atom. The number of hydrogen-bond acceptors (Lipinski definition) is 2. The Bertz CT molecular complexity index is 567. The highest BCUT2D eigenvalue weighted by Crippen LogP contribution is 2.12. The molecule has 98 valence electrons. The van der Waals surface area contributed by atoms with E-state index in [0.717, 1.165) is 11.3 Å². The second kappa shape index (κ2) is 6.00. The number of aryl methyl sites for hydroxylation is 1. The van der Waals surface area contributed by atoms with Crippen LogP contribution in [0.4, 0.5) is 10.1 Å². The first-order valence-electron chi connectivity index (χ1n) is 5.88. The van der Waals surface area contributed by atoms with Gasteiger partial charge in [0.1, 0.15) is 11.6 Å². The second-order valence-corrected chi connectivity index (χ2v) is 4.16. The zero-order valence-corrected chi connectivity index (χ0v) is 10.5. The van der Waals surface area contributed by atoms with Crippen LogP contribution in [0.5, 0.6) is 5.75 Å². The third-order valence-corrected chi connectivity index (χ3v) is 2.49. The highest BCUT2D eigenvalue weighted by atomic mass is 19.1. The third kappa shape index (κ3) is 4.10. The summed E-state index contributed by atoms with van der Waals surface area (Å²) in [4.78, 5) is 11.7. The van der Waals surface area contributed by atoms with Gasteiger partial charge in [0.2, 0.25) is 0 Å². The van der Waals surface area contributed by atoms with Crippen molar-refractivity contribution in [3.63, 3.8) is 0 Å². The van der Waals surface area contributed by atoms with Gasteiger partial charge < -0.3 is 10.1 Å². The maximum absolute atomic E-state index is 12.7. The summed E-state index contributed by atoms with van der Waals surface area (Å²) in [5.74, 6) is -0.132. The van der Waals surface area contributed by atoms with Crippen molar-refractivity contribution in [2.75, 3.05) is 11.9 Å². The molecule has 0 unspecified atom stereocenters. The highest BCUT2D eigenvalue weighted by molar-refractivity contribution is 5.91. The molecular formula is C15H14FNO2. The lowest BCUT2D eigenvalue weighted by molar-refractivity contribution is -0.118. The summed E-state index contributed by atoms with van der Waals surface area (Å²) in [7, 11) is 0. The lowest BCUT2D eigenvalue weighted by Gasteiger charge is -2.07. The molecule has 0 heterocycles. The Kier molecular flexibility index (Phi) is 4.13. The van der Waals surface area contributed by atoms with Crippen LogP contribution in [0.1, 0.15) is 5.56 Å². The van der Waals surface area contributed by atoms with Crippen molar-refractivity contribution in [1.29, 1.82) is 0 Å². The molecule has 0 aliphatic heterocycles. The van der Waals surface area contributed by atoms with E-state index >= 15 is 0 Å². The summed E-state index contributed by atoms with van der Waals surface area (Å²) < 4.78 is 17.9. The van der Waals surface area contributed by atoms with E-state index in [-0.39, 0.29) is 18.3 Å². The molecule has 0 atom stereocenters. The molecule has 2 aromatic rings. The van der Waals surface area contributed by atoms with Crippen molar-refractivity contribution in [3.05, 3.63) is 59.9 Å². The minimum atomic E-state index is -0.337. The van der Waals surface area contributed by atoms with Crippen LogP contribution in [0.3, 0.4) is 0 Å². The third-order valence-electron chi connectivity index (χ3n) is 2.49. The zero-order valence-electron chi connectivity index (χ0n) is 10.5. The number of ether oxygens (including phenoxy) is 1. The monoisotopic (exact) mass is 259 g/mol. The van der Waals surface area contributed by atoms with Crippen LogP contribution in [0, 0.1) is 12.7 Å². The molecule has 1 amide bonds. The minimum absolute atomic E-state index is 0.112. The fourth-order valence-electron chi connectivity index (χ4n) is 1.60. The van der Waals surface area contributed by atoms with Gasteiger partial charge in [-0.05, 0) is 48.9 Å². The molecule has 0 aromatic heterocycles. The first-order valence-corrected chi connectivity index (χ1v) is 5.88. The number of halogens is 1. The Hall–Kier alpha value is -2.36. The van der Waals surface area contributed by atoms with Crippen LogP contribution in [0.2, 0.25) is 0 Å². The van der Waals surface area contributed by atoms with Gasteiger partial charge in [-0.1, -0.05) is 12.1 Å². The summed E-state index contributed by atoms with van der Waals surface area (Å²) in [6.45, 7) is 1.84. The maximum atomic E-state index is 12.7. The molecule has 2 rings (SSSR count). The van der Waals surface area contributed by atoms with Crippen LogP contribution in [-0.2, 0) is 4.79 Å². The van der Waals surface area contributed by atoms with E-state index in [1.165, 1.54) is 24.3 Å². The molecule has 0 spiro atoms. The smallest absolute Gasteiger partial charge is 0.262 e. The Morgan fingerprint density at radius 1 is 1.21 bits per heavy atom. The normalized spacial score (nSPS) is 10.0. The highest BCUT2D eigenvalue weighted by Gasteiger charge is 2.03. The average Bonchev–Trinajstić information content (AvgIpc) is 2.38. The predicted molar refractivity (Wildman–Crippen MR) is 71.7 cm³/mol. The fraction of sp³-hybridized carbons (Fsp3) is 0.133. The van der Waals surface area contributed by atoms with Gasteiger partial charge in [0.05, 0.1) is 0 Å². The molecule has 19 heavy (non-hydrogen) atoms. The molecule has 3 nitrogen and oxygen atoms in total. The largest absolute Gasteiger partial charge is 0.484 e. The summed E-state index contributed by atoms with van der Waals surface area (Å²) >= 11 is 0. The molecule has 2 aromatic carbocycles. The first kappa shape index (κ1) is 13.1. The van der Waals surface area contributed by atoms with Crippen molar-refractivity contribution >= 4 is 11.6 Å². The lowest BCUT2D eigenvalue weighted by atomic mass is 10.2. The van der Waals surface area contributed by atoms with Gasteiger partial charge in [-0.25, -0.2) is 4.39 Å². The van der Waals surface area contributed by atoms with Crippen LogP contribution < -0.4 is 10.1 Å². The van der Waals surface area contributed by atoms with Gasteiger partial charge in [0.15, 0.2) is 6.61 Å². The number of amides is 1. The average molecular weight is 259 g/mol. The van der Waals surface area contributed by atoms with Crippen molar-refractivity contribution in [1.82, 2.24) is 0 Å². The number of anilines is 1. The molecule has 0 radical (unpaired) electrons.